The van der Waals surface area contributed by atoms with Gasteiger partial charge in [0.05, 0.1) is 5.75 Å². The lowest BCUT2D eigenvalue weighted by Gasteiger charge is -2.10. The Balaban J connectivity index is 2.67. The van der Waals surface area contributed by atoms with Gasteiger partial charge >= 0.3 is 0 Å². The Morgan fingerprint density at radius 3 is 2.47 bits per heavy atom. The molecule has 1 aromatic rings. The fourth-order valence-corrected chi connectivity index (χ4v) is 3.09. The van der Waals surface area contributed by atoms with E-state index in [-0.39, 0.29) is 11.7 Å². The smallest absolute Gasteiger partial charge is 0.212 e. The molecule has 0 N–H and O–H groups in total. The zero-order chi connectivity index (χ0) is 11.5. The molecule has 0 bridgehead atoms. The van der Waals surface area contributed by atoms with E-state index in [0.29, 0.717) is 11.4 Å². The molecule has 0 saturated carbocycles. The van der Waals surface area contributed by atoms with E-state index in [2.05, 4.69) is 0 Å². The molecule has 0 amide bonds. The molecule has 84 valence electrons. The maximum atomic E-state index is 10.8. The Labute approximate surface area is 99.6 Å². The predicted octanol–water partition coefficient (Wildman–Crippen LogP) is 3.09. The van der Waals surface area contributed by atoms with Crippen LogP contribution in [0.4, 0.5) is 0 Å². The molecule has 1 unspecified atom stereocenters. The SMILES string of the molecule is CC(Cc1ccccc1Cl)CS(=O)(=O)Cl. The first-order chi connectivity index (χ1) is 6.88. The molecule has 0 spiro atoms. The van der Waals surface area contributed by atoms with Crippen molar-refractivity contribution in [1.82, 2.24) is 0 Å². The molecule has 5 heteroatoms. The third-order valence-electron chi connectivity index (χ3n) is 2.01. The predicted molar refractivity (Wildman–Crippen MR) is 64.0 cm³/mol. The van der Waals surface area contributed by atoms with Gasteiger partial charge in [-0.3, -0.25) is 0 Å². The number of rotatable bonds is 4. The second kappa shape index (κ2) is 5.19. The average molecular weight is 267 g/mol. The van der Waals surface area contributed by atoms with Crippen molar-refractivity contribution >= 4 is 31.3 Å². The summed E-state index contributed by atoms with van der Waals surface area (Å²) in [4.78, 5) is 0. The van der Waals surface area contributed by atoms with Crippen molar-refractivity contribution in [3.8, 4) is 0 Å². The second-order valence-corrected chi connectivity index (χ2v) is 6.84. The monoisotopic (exact) mass is 266 g/mol. The van der Waals surface area contributed by atoms with Gasteiger partial charge in [0.1, 0.15) is 0 Å². The molecule has 1 aromatic carbocycles. The zero-order valence-corrected chi connectivity index (χ0v) is 10.6. The summed E-state index contributed by atoms with van der Waals surface area (Å²) in [6.45, 7) is 1.84. The van der Waals surface area contributed by atoms with E-state index < -0.39 is 9.05 Å². The first-order valence-electron chi connectivity index (χ1n) is 4.54. The molecule has 0 aromatic heterocycles. The molecule has 15 heavy (non-hydrogen) atoms. The lowest BCUT2D eigenvalue weighted by atomic mass is 10.0. The van der Waals surface area contributed by atoms with Crippen LogP contribution in [0.1, 0.15) is 12.5 Å². The molecule has 0 fully saturated rings. The topological polar surface area (TPSA) is 34.1 Å². The van der Waals surface area contributed by atoms with Crippen molar-refractivity contribution in [3.05, 3.63) is 34.9 Å². The van der Waals surface area contributed by atoms with Crippen molar-refractivity contribution < 1.29 is 8.42 Å². The van der Waals surface area contributed by atoms with E-state index in [1.807, 2.05) is 25.1 Å². The first-order valence-corrected chi connectivity index (χ1v) is 7.40. The highest BCUT2D eigenvalue weighted by Crippen LogP contribution is 2.20. The zero-order valence-electron chi connectivity index (χ0n) is 8.28. The second-order valence-electron chi connectivity index (χ2n) is 3.61. The van der Waals surface area contributed by atoms with Crippen molar-refractivity contribution in [2.45, 2.75) is 13.3 Å². The first kappa shape index (κ1) is 12.8. The van der Waals surface area contributed by atoms with Gasteiger partial charge in [0, 0.05) is 15.7 Å². The van der Waals surface area contributed by atoms with Gasteiger partial charge in [0.2, 0.25) is 9.05 Å². The summed E-state index contributed by atoms with van der Waals surface area (Å²) < 4.78 is 21.7. The summed E-state index contributed by atoms with van der Waals surface area (Å²) in [6.07, 6.45) is 0.617. The van der Waals surface area contributed by atoms with E-state index in [1.54, 1.807) is 6.07 Å². The minimum Gasteiger partial charge on any atom is -0.212 e. The van der Waals surface area contributed by atoms with Crippen molar-refractivity contribution in [2.75, 3.05) is 5.75 Å². The Bertz CT molecular complexity index is 429. The van der Waals surface area contributed by atoms with E-state index >= 15 is 0 Å². The van der Waals surface area contributed by atoms with E-state index in [1.165, 1.54) is 0 Å². The van der Waals surface area contributed by atoms with Gasteiger partial charge < -0.3 is 0 Å². The third-order valence-corrected chi connectivity index (χ3v) is 3.72. The Morgan fingerprint density at radius 2 is 1.93 bits per heavy atom. The largest absolute Gasteiger partial charge is 0.232 e. The highest BCUT2D eigenvalue weighted by atomic mass is 35.7. The molecule has 0 aliphatic rings. The molecular formula is C10H12Cl2O2S. The molecule has 1 rings (SSSR count). The Kier molecular flexibility index (Phi) is 4.44. The quantitative estimate of drug-likeness (QED) is 0.785. The minimum atomic E-state index is -3.43. The van der Waals surface area contributed by atoms with Crippen LogP contribution in [0, 0.1) is 5.92 Å². The maximum Gasteiger partial charge on any atom is 0.232 e. The van der Waals surface area contributed by atoms with Gasteiger partial charge in [0.25, 0.3) is 0 Å². The van der Waals surface area contributed by atoms with Crippen LogP contribution >= 0.6 is 22.3 Å². The number of hydrogen-bond acceptors (Lipinski definition) is 2. The fourth-order valence-electron chi connectivity index (χ4n) is 1.44. The van der Waals surface area contributed by atoms with Crippen LogP contribution in [0.25, 0.3) is 0 Å². The lowest BCUT2D eigenvalue weighted by Crippen LogP contribution is -2.11. The van der Waals surface area contributed by atoms with Gasteiger partial charge in [-0.15, -0.1) is 0 Å². The Morgan fingerprint density at radius 1 is 1.33 bits per heavy atom. The number of hydrogen-bond donors (Lipinski definition) is 0. The fraction of sp³-hybridized carbons (Fsp3) is 0.400. The minimum absolute atomic E-state index is 0.0280. The summed E-state index contributed by atoms with van der Waals surface area (Å²) in [6, 6.07) is 7.40. The van der Waals surface area contributed by atoms with Crippen LogP contribution in [0.2, 0.25) is 5.02 Å². The maximum absolute atomic E-state index is 10.8. The summed E-state index contributed by atoms with van der Waals surface area (Å²) in [5.74, 6) is -0.0628. The van der Waals surface area contributed by atoms with Crippen molar-refractivity contribution in [1.29, 1.82) is 0 Å². The highest BCUT2D eigenvalue weighted by molar-refractivity contribution is 8.13. The van der Waals surface area contributed by atoms with Gasteiger partial charge in [-0.05, 0) is 24.0 Å². The van der Waals surface area contributed by atoms with Crippen LogP contribution in [0.3, 0.4) is 0 Å². The van der Waals surface area contributed by atoms with Crippen LogP contribution in [0.5, 0.6) is 0 Å². The van der Waals surface area contributed by atoms with Gasteiger partial charge in [-0.2, -0.15) is 0 Å². The van der Waals surface area contributed by atoms with Gasteiger partial charge in [-0.25, -0.2) is 8.42 Å². The standard InChI is InChI=1S/C10H12Cl2O2S/c1-8(7-15(12,13)14)6-9-4-2-3-5-10(9)11/h2-5,8H,6-7H2,1H3. The van der Waals surface area contributed by atoms with Crippen LogP contribution < -0.4 is 0 Å². The van der Waals surface area contributed by atoms with Crippen molar-refractivity contribution in [2.24, 2.45) is 5.92 Å². The van der Waals surface area contributed by atoms with Gasteiger partial charge in [0.15, 0.2) is 0 Å². The summed E-state index contributed by atoms with van der Waals surface area (Å²) >= 11 is 5.96. The van der Waals surface area contributed by atoms with E-state index in [9.17, 15) is 8.42 Å². The van der Waals surface area contributed by atoms with Crippen LogP contribution in [-0.4, -0.2) is 14.2 Å². The van der Waals surface area contributed by atoms with E-state index in [0.717, 1.165) is 5.56 Å². The lowest BCUT2D eigenvalue weighted by molar-refractivity contribution is 0.582. The van der Waals surface area contributed by atoms with Crippen molar-refractivity contribution in [3.63, 3.8) is 0 Å². The average Bonchev–Trinajstić information content (AvgIpc) is 2.05. The molecule has 0 aliphatic heterocycles. The number of halogens is 2. The molecule has 0 saturated heterocycles. The number of benzene rings is 1. The van der Waals surface area contributed by atoms with Gasteiger partial charge in [-0.1, -0.05) is 36.7 Å². The van der Waals surface area contributed by atoms with Crippen LogP contribution in [0.15, 0.2) is 24.3 Å². The molecule has 2 nitrogen and oxygen atoms in total. The molecule has 0 heterocycles. The van der Waals surface area contributed by atoms with Crippen LogP contribution in [-0.2, 0) is 15.5 Å². The summed E-state index contributed by atoms with van der Waals surface area (Å²) in [5.41, 5.74) is 0.951. The normalized spacial score (nSPS) is 13.8. The summed E-state index contributed by atoms with van der Waals surface area (Å²) in [7, 11) is 1.75. The summed E-state index contributed by atoms with van der Waals surface area (Å²) in [5, 5.41) is 0.663. The molecule has 1 atom stereocenters. The van der Waals surface area contributed by atoms with E-state index in [4.69, 9.17) is 22.3 Å². The highest BCUT2D eigenvalue weighted by Gasteiger charge is 2.14. The third kappa shape index (κ3) is 4.87. The molecular weight excluding hydrogens is 255 g/mol. The molecule has 0 radical (unpaired) electrons. The molecule has 0 aliphatic carbocycles. The Hall–Kier alpha value is -0.250.